The fourth-order valence-corrected chi connectivity index (χ4v) is 8.51. The number of fused-ring (bicyclic) bond motifs is 3. The molecule has 0 unspecified atom stereocenters. The minimum Gasteiger partial charge on any atom is -0.394 e. The van der Waals surface area contributed by atoms with Crippen LogP contribution >= 0.6 is 0 Å². The predicted octanol–water partition coefficient (Wildman–Crippen LogP) is 3.60. The summed E-state index contributed by atoms with van der Waals surface area (Å²) in [4.78, 5) is 5.61. The topological polar surface area (TPSA) is 153 Å². The van der Waals surface area contributed by atoms with Crippen molar-refractivity contribution in [1.29, 1.82) is 0 Å². The van der Waals surface area contributed by atoms with Gasteiger partial charge in [0, 0.05) is 23.2 Å². The molecule has 230 valence electrons. The highest BCUT2D eigenvalue weighted by atomic mass is 32.2. The number of sulfonamides is 2. The van der Waals surface area contributed by atoms with Crippen molar-refractivity contribution in [2.75, 3.05) is 26.8 Å². The number of hydrogen-bond donors (Lipinski definition) is 3. The first-order chi connectivity index (χ1) is 20.3. The maximum absolute atomic E-state index is 13.3. The highest BCUT2D eigenvalue weighted by Gasteiger charge is 2.31. The van der Waals surface area contributed by atoms with E-state index in [1.165, 1.54) is 0 Å². The normalized spacial score (nSPS) is 18.1. The summed E-state index contributed by atoms with van der Waals surface area (Å²) >= 11 is 0. The van der Waals surface area contributed by atoms with Gasteiger partial charge in [-0.3, -0.25) is 0 Å². The van der Waals surface area contributed by atoms with Crippen LogP contribution in [0, 0.1) is 0 Å². The van der Waals surface area contributed by atoms with Gasteiger partial charge in [0.05, 0.1) is 23.0 Å². The van der Waals surface area contributed by atoms with Gasteiger partial charge in [-0.15, -0.1) is 0 Å². The number of oxime groups is 1. The SMILES string of the molecule is O=S(=O)(NC1CCCCC1)c1ccc2c(c1)C(=NOCOCOCCO)c1cc(S(=O)(=O)NC3CCCCC3)ccc1-2. The summed E-state index contributed by atoms with van der Waals surface area (Å²) in [5.74, 6) is 0. The van der Waals surface area contributed by atoms with Crippen molar-refractivity contribution in [2.45, 2.75) is 86.1 Å². The van der Waals surface area contributed by atoms with Crippen LogP contribution in [0.5, 0.6) is 0 Å². The van der Waals surface area contributed by atoms with Gasteiger partial charge in [-0.1, -0.05) is 55.8 Å². The lowest BCUT2D eigenvalue weighted by atomic mass is 9.96. The lowest BCUT2D eigenvalue weighted by Gasteiger charge is -2.22. The lowest BCUT2D eigenvalue weighted by molar-refractivity contribution is -0.133. The van der Waals surface area contributed by atoms with E-state index in [4.69, 9.17) is 19.4 Å². The first-order valence-corrected chi connectivity index (χ1v) is 17.6. The summed E-state index contributed by atoms with van der Waals surface area (Å²) in [7, 11) is -7.58. The van der Waals surface area contributed by atoms with E-state index in [-0.39, 0.29) is 48.7 Å². The lowest BCUT2D eigenvalue weighted by Crippen LogP contribution is -2.36. The number of benzene rings is 2. The van der Waals surface area contributed by atoms with E-state index in [1.54, 1.807) is 36.4 Å². The van der Waals surface area contributed by atoms with Crippen molar-refractivity contribution in [3.63, 3.8) is 0 Å². The summed E-state index contributed by atoms with van der Waals surface area (Å²) in [5, 5.41) is 13.1. The van der Waals surface area contributed by atoms with Crippen molar-refractivity contribution < 1.29 is 36.3 Å². The molecule has 3 aliphatic rings. The fraction of sp³-hybridized carbons (Fsp3) is 0.552. The molecule has 0 saturated heterocycles. The van der Waals surface area contributed by atoms with Crippen LogP contribution in [0.4, 0.5) is 0 Å². The van der Waals surface area contributed by atoms with E-state index in [0.29, 0.717) is 16.8 Å². The molecule has 0 aromatic heterocycles. The Bertz CT molecular complexity index is 1380. The van der Waals surface area contributed by atoms with Gasteiger partial charge in [-0.25, -0.2) is 26.3 Å². The van der Waals surface area contributed by atoms with Crippen LogP contribution in [0.1, 0.15) is 75.3 Å². The number of hydrogen-bond acceptors (Lipinski definition) is 9. The predicted molar refractivity (Wildman–Crippen MR) is 157 cm³/mol. The minimum atomic E-state index is -3.79. The molecule has 0 radical (unpaired) electrons. The molecular weight excluding hydrogens is 582 g/mol. The zero-order chi connectivity index (χ0) is 29.6. The van der Waals surface area contributed by atoms with E-state index >= 15 is 0 Å². The van der Waals surface area contributed by atoms with E-state index in [0.717, 1.165) is 75.3 Å². The van der Waals surface area contributed by atoms with Crippen LogP contribution in [0.3, 0.4) is 0 Å². The Balaban J connectivity index is 1.44. The standard InChI is InChI=1S/C29H39N3O8S2/c33-15-16-38-19-39-20-40-30-29-27-17-23(41(34,35)31-21-7-3-1-4-8-21)11-13-25(27)26-14-12-24(18-28(26)29)42(36,37)32-22-9-5-2-6-10-22/h11-14,17-18,21-22,31-33H,1-10,15-16,19-20H2. The summed E-state index contributed by atoms with van der Waals surface area (Å²) < 4.78 is 69.2. The molecular formula is C29H39N3O8S2. The number of aliphatic hydroxyl groups is 1. The van der Waals surface area contributed by atoms with Crippen LogP contribution in [-0.4, -0.2) is 66.5 Å². The van der Waals surface area contributed by atoms with Gasteiger partial charge in [0.25, 0.3) is 0 Å². The average molecular weight is 622 g/mol. The Kier molecular flexibility index (Phi) is 10.3. The Morgan fingerprint density at radius 1 is 0.690 bits per heavy atom. The molecule has 0 bridgehead atoms. The van der Waals surface area contributed by atoms with Crippen LogP contribution in [-0.2, 0) is 34.4 Å². The molecule has 11 nitrogen and oxygen atoms in total. The van der Waals surface area contributed by atoms with Crippen LogP contribution < -0.4 is 9.44 Å². The molecule has 3 aliphatic carbocycles. The van der Waals surface area contributed by atoms with Gasteiger partial charge in [0.15, 0.2) is 6.79 Å². The third-order valence-electron chi connectivity index (χ3n) is 7.95. The summed E-state index contributed by atoms with van der Waals surface area (Å²) in [6, 6.07) is 9.49. The highest BCUT2D eigenvalue weighted by Crippen LogP contribution is 2.39. The van der Waals surface area contributed by atoms with E-state index in [1.807, 2.05) is 0 Å². The average Bonchev–Trinajstić information content (AvgIpc) is 3.29. The van der Waals surface area contributed by atoms with Gasteiger partial charge in [0.2, 0.25) is 26.8 Å². The van der Waals surface area contributed by atoms with E-state index in [2.05, 4.69) is 14.6 Å². The second-order valence-electron chi connectivity index (χ2n) is 11.0. The fourth-order valence-electron chi connectivity index (χ4n) is 5.85. The molecule has 2 saturated carbocycles. The van der Waals surface area contributed by atoms with Crippen molar-refractivity contribution in [1.82, 2.24) is 9.44 Å². The number of nitrogens with one attached hydrogen (secondary N) is 2. The summed E-state index contributed by atoms with van der Waals surface area (Å²) in [5.41, 5.74) is 2.79. The number of aliphatic hydroxyl groups excluding tert-OH is 1. The maximum Gasteiger partial charge on any atom is 0.240 e. The van der Waals surface area contributed by atoms with Crippen LogP contribution in [0.2, 0.25) is 0 Å². The number of ether oxygens (including phenoxy) is 2. The molecule has 0 heterocycles. The van der Waals surface area contributed by atoms with Crippen molar-refractivity contribution in [3.05, 3.63) is 47.5 Å². The van der Waals surface area contributed by atoms with Crippen molar-refractivity contribution in [2.24, 2.45) is 5.16 Å². The second kappa shape index (κ2) is 13.9. The number of rotatable bonds is 13. The summed E-state index contributed by atoms with van der Waals surface area (Å²) in [6.07, 6.45) is 9.44. The quantitative estimate of drug-likeness (QED) is 0.149. The molecule has 0 spiro atoms. The monoisotopic (exact) mass is 621 g/mol. The first kappa shape index (κ1) is 31.0. The van der Waals surface area contributed by atoms with Crippen molar-refractivity contribution >= 4 is 25.8 Å². The Morgan fingerprint density at radius 3 is 1.67 bits per heavy atom. The van der Waals surface area contributed by atoms with E-state index < -0.39 is 20.0 Å². The third-order valence-corrected chi connectivity index (χ3v) is 11.0. The Hall–Kier alpha value is -2.39. The largest absolute Gasteiger partial charge is 0.394 e. The van der Waals surface area contributed by atoms with Crippen LogP contribution in [0.15, 0.2) is 51.3 Å². The molecule has 42 heavy (non-hydrogen) atoms. The van der Waals surface area contributed by atoms with Crippen molar-refractivity contribution in [3.8, 4) is 11.1 Å². The molecule has 5 rings (SSSR count). The van der Waals surface area contributed by atoms with Gasteiger partial charge in [-0.05, 0) is 61.1 Å². The van der Waals surface area contributed by atoms with Crippen LogP contribution in [0.25, 0.3) is 11.1 Å². The molecule has 13 heteroatoms. The molecule has 0 aliphatic heterocycles. The van der Waals surface area contributed by atoms with Gasteiger partial charge in [-0.2, -0.15) is 0 Å². The zero-order valence-corrected chi connectivity index (χ0v) is 25.2. The zero-order valence-electron chi connectivity index (χ0n) is 23.6. The van der Waals surface area contributed by atoms with E-state index in [9.17, 15) is 16.8 Å². The number of nitrogens with zero attached hydrogens (tertiary/aromatic N) is 1. The Morgan fingerprint density at radius 2 is 1.19 bits per heavy atom. The Labute approximate surface area is 247 Å². The minimum absolute atomic E-state index is 0.0969. The molecule has 0 atom stereocenters. The second-order valence-corrected chi connectivity index (χ2v) is 14.4. The van der Waals surface area contributed by atoms with Gasteiger partial charge in [0.1, 0.15) is 5.71 Å². The highest BCUT2D eigenvalue weighted by molar-refractivity contribution is 7.89. The summed E-state index contributed by atoms with van der Waals surface area (Å²) in [6.45, 7) is -0.388. The maximum atomic E-state index is 13.3. The molecule has 2 aromatic carbocycles. The third kappa shape index (κ3) is 7.39. The molecule has 2 aromatic rings. The van der Waals surface area contributed by atoms with Gasteiger partial charge < -0.3 is 19.4 Å². The van der Waals surface area contributed by atoms with Gasteiger partial charge >= 0.3 is 0 Å². The molecule has 3 N–H and O–H groups in total. The first-order valence-electron chi connectivity index (χ1n) is 14.6. The molecule has 0 amide bonds. The molecule has 2 fully saturated rings. The smallest absolute Gasteiger partial charge is 0.240 e.